The molecule has 0 saturated carbocycles. The predicted molar refractivity (Wildman–Crippen MR) is 191 cm³/mol. The Balaban J connectivity index is 1.25. The molecule has 46 heavy (non-hydrogen) atoms. The Morgan fingerprint density at radius 2 is 1.00 bits per heavy atom. The second-order valence-corrected chi connectivity index (χ2v) is 11.7. The summed E-state index contributed by atoms with van der Waals surface area (Å²) in [6, 6.07) is 53.6. The van der Waals surface area contributed by atoms with Crippen molar-refractivity contribution in [3.05, 3.63) is 164 Å². The highest BCUT2D eigenvalue weighted by Gasteiger charge is 2.16. The van der Waals surface area contributed by atoms with E-state index in [2.05, 4.69) is 145 Å². The van der Waals surface area contributed by atoms with Gasteiger partial charge in [0.1, 0.15) is 0 Å². The Morgan fingerprint density at radius 1 is 0.370 bits per heavy atom. The Labute approximate surface area is 266 Å². The van der Waals surface area contributed by atoms with Gasteiger partial charge in [0, 0.05) is 29.1 Å². The predicted octanol–water partition coefficient (Wildman–Crippen LogP) is 11.1. The zero-order chi connectivity index (χ0) is 30.5. The van der Waals surface area contributed by atoms with E-state index in [1.807, 2.05) is 18.3 Å². The summed E-state index contributed by atoms with van der Waals surface area (Å²) in [5.41, 5.74) is 9.43. The largest absolute Gasteiger partial charge is 0.264 e. The Morgan fingerprint density at radius 3 is 1.80 bits per heavy atom. The van der Waals surface area contributed by atoms with Crippen LogP contribution in [-0.4, -0.2) is 15.0 Å². The minimum atomic E-state index is 0.695. The summed E-state index contributed by atoms with van der Waals surface area (Å²) < 4.78 is 0. The van der Waals surface area contributed by atoms with Gasteiger partial charge in [-0.3, -0.25) is 4.98 Å². The van der Waals surface area contributed by atoms with E-state index in [9.17, 15) is 0 Å². The number of aromatic nitrogens is 3. The van der Waals surface area contributed by atoms with Gasteiger partial charge in [0.2, 0.25) is 0 Å². The average molecular weight is 586 g/mol. The summed E-state index contributed by atoms with van der Waals surface area (Å²) in [7, 11) is 0. The van der Waals surface area contributed by atoms with E-state index in [0.717, 1.165) is 44.8 Å². The third-order valence-corrected chi connectivity index (χ3v) is 8.93. The molecule has 0 aliphatic carbocycles. The van der Waals surface area contributed by atoms with E-state index in [1.54, 1.807) is 6.20 Å². The molecule has 214 valence electrons. The summed E-state index contributed by atoms with van der Waals surface area (Å²) in [6.45, 7) is 0. The van der Waals surface area contributed by atoms with E-state index < -0.39 is 0 Å². The first-order chi connectivity index (χ1) is 22.8. The monoisotopic (exact) mass is 585 g/mol. The maximum absolute atomic E-state index is 5.24. The van der Waals surface area contributed by atoms with E-state index >= 15 is 0 Å². The number of benzene rings is 7. The number of pyridine rings is 1. The fourth-order valence-electron chi connectivity index (χ4n) is 6.65. The molecule has 2 aromatic heterocycles. The molecule has 2 heterocycles. The van der Waals surface area contributed by atoms with Gasteiger partial charge in [0.25, 0.3) is 0 Å². The van der Waals surface area contributed by atoms with Crippen LogP contribution in [0.5, 0.6) is 0 Å². The van der Waals surface area contributed by atoms with Crippen LogP contribution in [0, 0.1) is 0 Å². The SMILES string of the molecule is c1ccc(-c2cccc(-c3cc(-c4ccc5ccc6cccc7ccc4c5c67)nc(-c4ccc(-c5cccnc5)cc4)n3)c2)cc1. The summed E-state index contributed by atoms with van der Waals surface area (Å²) in [6.07, 6.45) is 3.68. The lowest BCUT2D eigenvalue weighted by molar-refractivity contribution is 1.18. The highest BCUT2D eigenvalue weighted by molar-refractivity contribution is 6.25. The molecule has 0 saturated heterocycles. The smallest absolute Gasteiger partial charge is 0.160 e. The molecule has 0 amide bonds. The second-order valence-electron chi connectivity index (χ2n) is 11.7. The Bertz CT molecular complexity index is 2490. The van der Waals surface area contributed by atoms with Gasteiger partial charge in [0.05, 0.1) is 11.4 Å². The first-order valence-corrected chi connectivity index (χ1v) is 15.5. The summed E-state index contributed by atoms with van der Waals surface area (Å²) in [5.74, 6) is 0.695. The molecule has 0 spiro atoms. The van der Waals surface area contributed by atoms with Gasteiger partial charge in [-0.1, -0.05) is 133 Å². The maximum atomic E-state index is 5.24. The normalized spacial score (nSPS) is 11.5. The van der Waals surface area contributed by atoms with Gasteiger partial charge in [-0.05, 0) is 72.8 Å². The van der Waals surface area contributed by atoms with Crippen LogP contribution < -0.4 is 0 Å². The van der Waals surface area contributed by atoms with Crippen molar-refractivity contribution >= 4 is 32.3 Å². The molecule has 3 heteroatoms. The molecule has 0 fully saturated rings. The molecule has 9 aromatic rings. The minimum absolute atomic E-state index is 0.695. The molecule has 0 aliphatic rings. The number of nitrogens with zero attached hydrogens (tertiary/aromatic N) is 3. The van der Waals surface area contributed by atoms with Gasteiger partial charge in [-0.25, -0.2) is 9.97 Å². The first kappa shape index (κ1) is 26.2. The third kappa shape index (κ3) is 4.49. The molecule has 9 rings (SSSR count). The van der Waals surface area contributed by atoms with Crippen molar-refractivity contribution in [2.75, 3.05) is 0 Å². The molecular formula is C43H27N3. The van der Waals surface area contributed by atoms with E-state index in [4.69, 9.17) is 9.97 Å². The van der Waals surface area contributed by atoms with Crippen LogP contribution in [0.25, 0.3) is 88.5 Å². The van der Waals surface area contributed by atoms with Crippen molar-refractivity contribution < 1.29 is 0 Å². The van der Waals surface area contributed by atoms with Crippen LogP contribution in [-0.2, 0) is 0 Å². The summed E-state index contributed by atoms with van der Waals surface area (Å²) in [4.78, 5) is 14.7. The lowest BCUT2D eigenvalue weighted by Crippen LogP contribution is -1.97. The van der Waals surface area contributed by atoms with Crippen LogP contribution in [0.2, 0.25) is 0 Å². The topological polar surface area (TPSA) is 38.7 Å². The first-order valence-electron chi connectivity index (χ1n) is 15.5. The summed E-state index contributed by atoms with van der Waals surface area (Å²) >= 11 is 0. The zero-order valence-corrected chi connectivity index (χ0v) is 24.9. The van der Waals surface area contributed by atoms with Crippen molar-refractivity contribution in [2.24, 2.45) is 0 Å². The highest BCUT2D eigenvalue weighted by atomic mass is 14.9. The molecule has 0 aliphatic heterocycles. The van der Waals surface area contributed by atoms with Gasteiger partial charge in [0.15, 0.2) is 5.82 Å². The fourth-order valence-corrected chi connectivity index (χ4v) is 6.65. The maximum Gasteiger partial charge on any atom is 0.160 e. The molecule has 0 radical (unpaired) electrons. The van der Waals surface area contributed by atoms with E-state index in [0.29, 0.717) is 5.82 Å². The highest BCUT2D eigenvalue weighted by Crippen LogP contribution is 2.40. The molecule has 0 N–H and O–H groups in total. The van der Waals surface area contributed by atoms with E-state index in [1.165, 1.54) is 37.9 Å². The molecule has 7 aromatic carbocycles. The van der Waals surface area contributed by atoms with E-state index in [-0.39, 0.29) is 0 Å². The van der Waals surface area contributed by atoms with Crippen LogP contribution in [0.1, 0.15) is 0 Å². The number of hydrogen-bond donors (Lipinski definition) is 0. The number of hydrogen-bond acceptors (Lipinski definition) is 3. The lowest BCUT2D eigenvalue weighted by atomic mass is 9.91. The zero-order valence-electron chi connectivity index (χ0n) is 24.9. The van der Waals surface area contributed by atoms with Gasteiger partial charge in [-0.2, -0.15) is 0 Å². The molecular weight excluding hydrogens is 558 g/mol. The van der Waals surface area contributed by atoms with Gasteiger partial charge < -0.3 is 0 Å². The minimum Gasteiger partial charge on any atom is -0.264 e. The van der Waals surface area contributed by atoms with Crippen LogP contribution in [0.15, 0.2) is 164 Å². The van der Waals surface area contributed by atoms with Crippen molar-refractivity contribution in [1.29, 1.82) is 0 Å². The van der Waals surface area contributed by atoms with Gasteiger partial charge in [-0.15, -0.1) is 0 Å². The van der Waals surface area contributed by atoms with Crippen molar-refractivity contribution in [3.8, 4) is 56.2 Å². The second kappa shape index (κ2) is 10.8. The van der Waals surface area contributed by atoms with Crippen LogP contribution in [0.4, 0.5) is 0 Å². The Kier molecular flexibility index (Phi) is 6.14. The quantitative estimate of drug-likeness (QED) is 0.189. The Hall–Kier alpha value is -6.19. The van der Waals surface area contributed by atoms with Crippen molar-refractivity contribution in [1.82, 2.24) is 15.0 Å². The average Bonchev–Trinajstić information content (AvgIpc) is 3.14. The van der Waals surface area contributed by atoms with Crippen LogP contribution in [0.3, 0.4) is 0 Å². The molecule has 3 nitrogen and oxygen atoms in total. The van der Waals surface area contributed by atoms with Gasteiger partial charge >= 0.3 is 0 Å². The lowest BCUT2D eigenvalue weighted by Gasteiger charge is -2.15. The van der Waals surface area contributed by atoms with Crippen molar-refractivity contribution in [3.63, 3.8) is 0 Å². The number of rotatable bonds is 5. The standard InChI is InChI=1S/C43H27N3/c1-2-7-28(8-3-1)34-11-5-12-35(25-34)39-26-40(46-43(45-39)33-18-14-29(15-19-33)36-13-6-24-44-27-36)37-22-20-32-17-16-30-9-4-10-31-21-23-38(37)42(32)41(30)31/h1-27H. The third-order valence-electron chi connectivity index (χ3n) is 8.93. The molecule has 0 bridgehead atoms. The van der Waals surface area contributed by atoms with Crippen LogP contribution >= 0.6 is 0 Å². The summed E-state index contributed by atoms with van der Waals surface area (Å²) in [5, 5.41) is 7.52. The fraction of sp³-hybridized carbons (Fsp3) is 0. The molecule has 0 unspecified atom stereocenters. The van der Waals surface area contributed by atoms with Crippen molar-refractivity contribution in [2.45, 2.75) is 0 Å². The molecule has 0 atom stereocenters.